The fraction of sp³-hybridized carbons (Fsp3) is 0.273. The van der Waals surface area contributed by atoms with Crippen LogP contribution in [0.1, 0.15) is 30.1 Å². The summed E-state index contributed by atoms with van der Waals surface area (Å²) in [6, 6.07) is 19.9. The summed E-state index contributed by atoms with van der Waals surface area (Å²) in [5, 5.41) is 50.3. The van der Waals surface area contributed by atoms with Gasteiger partial charge in [-0.3, -0.25) is 15.5 Å². The fourth-order valence-electron chi connectivity index (χ4n) is 4.70. The van der Waals surface area contributed by atoms with Crippen molar-refractivity contribution in [2.24, 2.45) is 10.8 Å². The molecule has 9 nitrogen and oxygen atoms in total. The molecule has 4 atom stereocenters. The number of nitro groups is 1. The van der Waals surface area contributed by atoms with Crippen LogP contribution >= 0.6 is 0 Å². The predicted molar refractivity (Wildman–Crippen MR) is 105 cm³/mol. The Morgan fingerprint density at radius 3 is 2.13 bits per heavy atom. The van der Waals surface area contributed by atoms with Gasteiger partial charge in [-0.1, -0.05) is 30.3 Å². The SMILES string of the molecule is CC12OC(=N)C(C#N)(C1c1ccccc1)C(C#N)(C#N)C(c1ccc([N+](=O)[O-])cc1)O2. The molecule has 0 amide bonds. The largest absolute Gasteiger partial charge is 0.447 e. The molecule has 0 aliphatic carbocycles. The molecule has 0 saturated carbocycles. The van der Waals surface area contributed by atoms with Gasteiger partial charge in [0, 0.05) is 19.1 Å². The summed E-state index contributed by atoms with van der Waals surface area (Å²) in [7, 11) is 0. The highest BCUT2D eigenvalue weighted by Gasteiger charge is 2.79. The first kappa shape index (κ1) is 20.0. The molecule has 2 aliphatic rings. The quantitative estimate of drug-likeness (QED) is 0.593. The maximum absolute atomic E-state index is 11.0. The molecule has 2 aromatic carbocycles. The van der Waals surface area contributed by atoms with Gasteiger partial charge in [0.1, 0.15) is 6.10 Å². The van der Waals surface area contributed by atoms with E-state index >= 15 is 0 Å². The van der Waals surface area contributed by atoms with Gasteiger partial charge in [-0.2, -0.15) is 15.8 Å². The maximum atomic E-state index is 11.0. The van der Waals surface area contributed by atoms with Gasteiger partial charge in [-0.15, -0.1) is 0 Å². The number of ether oxygens (including phenoxy) is 2. The summed E-state index contributed by atoms with van der Waals surface area (Å²) < 4.78 is 11.9. The molecular weight excluding hydrogens is 398 g/mol. The number of rotatable bonds is 3. The smallest absolute Gasteiger partial charge is 0.269 e. The van der Waals surface area contributed by atoms with Gasteiger partial charge in [-0.25, -0.2) is 0 Å². The Bertz CT molecular complexity index is 1190. The third-order valence-corrected chi connectivity index (χ3v) is 6.06. The lowest BCUT2D eigenvalue weighted by molar-refractivity contribution is -0.384. The van der Waals surface area contributed by atoms with Gasteiger partial charge < -0.3 is 9.47 Å². The summed E-state index contributed by atoms with van der Waals surface area (Å²) in [5.74, 6) is -2.95. The molecule has 0 radical (unpaired) electrons. The molecule has 0 spiro atoms. The summed E-state index contributed by atoms with van der Waals surface area (Å²) in [6.07, 6.45) is -1.28. The number of benzene rings is 2. The van der Waals surface area contributed by atoms with E-state index in [-0.39, 0.29) is 5.69 Å². The van der Waals surface area contributed by atoms with Crippen molar-refractivity contribution in [3.05, 3.63) is 75.8 Å². The Morgan fingerprint density at radius 1 is 1.00 bits per heavy atom. The van der Waals surface area contributed by atoms with Gasteiger partial charge in [0.25, 0.3) is 5.69 Å². The first-order valence-electron chi connectivity index (χ1n) is 9.28. The van der Waals surface area contributed by atoms with E-state index in [4.69, 9.17) is 14.9 Å². The minimum atomic E-state index is -2.15. The average Bonchev–Trinajstić information content (AvgIpc) is 2.97. The number of non-ortho nitro benzene ring substituents is 1. The molecule has 2 fully saturated rings. The van der Waals surface area contributed by atoms with E-state index in [9.17, 15) is 25.9 Å². The second-order valence-electron chi connectivity index (χ2n) is 7.59. The summed E-state index contributed by atoms with van der Waals surface area (Å²) >= 11 is 0. The topological polar surface area (TPSA) is 157 Å². The third kappa shape index (κ3) is 2.40. The van der Waals surface area contributed by atoms with E-state index in [0.717, 1.165) is 0 Å². The molecule has 4 rings (SSSR count). The zero-order chi connectivity index (χ0) is 22.4. The molecule has 2 heterocycles. The van der Waals surface area contributed by atoms with Crippen LogP contribution in [0, 0.1) is 60.3 Å². The van der Waals surface area contributed by atoms with Gasteiger partial charge in [0.2, 0.25) is 17.1 Å². The summed E-state index contributed by atoms with van der Waals surface area (Å²) in [5.41, 5.74) is -3.40. The van der Waals surface area contributed by atoms with Gasteiger partial charge in [-0.05, 0) is 23.3 Å². The van der Waals surface area contributed by atoms with E-state index in [2.05, 4.69) is 6.07 Å². The van der Waals surface area contributed by atoms with E-state index < -0.39 is 39.5 Å². The van der Waals surface area contributed by atoms with Crippen LogP contribution in [0.3, 0.4) is 0 Å². The Labute approximate surface area is 177 Å². The van der Waals surface area contributed by atoms with Crippen molar-refractivity contribution < 1.29 is 14.4 Å². The lowest BCUT2D eigenvalue weighted by Crippen LogP contribution is -2.57. The second-order valence-corrected chi connectivity index (χ2v) is 7.59. The summed E-state index contributed by atoms with van der Waals surface area (Å²) in [6.45, 7) is 1.56. The highest BCUT2D eigenvalue weighted by Crippen LogP contribution is 2.69. The van der Waals surface area contributed by atoms with Crippen LogP contribution in [0.5, 0.6) is 0 Å². The van der Waals surface area contributed by atoms with Crippen molar-refractivity contribution in [2.75, 3.05) is 0 Å². The molecule has 2 saturated heterocycles. The third-order valence-electron chi connectivity index (χ3n) is 6.06. The Kier molecular flexibility index (Phi) is 4.29. The molecule has 4 unspecified atom stereocenters. The highest BCUT2D eigenvalue weighted by molar-refractivity contribution is 5.90. The first-order chi connectivity index (χ1) is 14.8. The number of hydrogen-bond acceptors (Lipinski definition) is 8. The number of nitrogens with one attached hydrogen (secondary N) is 1. The molecule has 1 N–H and O–H groups in total. The van der Waals surface area contributed by atoms with Crippen molar-refractivity contribution in [3.63, 3.8) is 0 Å². The van der Waals surface area contributed by atoms with Gasteiger partial charge in [0.15, 0.2) is 5.41 Å². The van der Waals surface area contributed by atoms with E-state index in [0.29, 0.717) is 11.1 Å². The van der Waals surface area contributed by atoms with Crippen LogP contribution in [0.4, 0.5) is 5.69 Å². The fourth-order valence-corrected chi connectivity index (χ4v) is 4.70. The minimum absolute atomic E-state index is 0.172. The first-order valence-corrected chi connectivity index (χ1v) is 9.28. The predicted octanol–water partition coefficient (Wildman–Crippen LogP) is 3.72. The van der Waals surface area contributed by atoms with Gasteiger partial charge >= 0.3 is 0 Å². The number of fused-ring (bicyclic) bond motifs is 2. The van der Waals surface area contributed by atoms with Crippen LogP contribution in [0.2, 0.25) is 0 Å². The highest BCUT2D eigenvalue weighted by atomic mass is 16.7. The molecule has 2 bridgehead atoms. The van der Waals surface area contributed by atoms with Crippen molar-refractivity contribution in [3.8, 4) is 18.2 Å². The average molecular weight is 413 g/mol. The Hall–Kier alpha value is -4.26. The maximum Gasteiger partial charge on any atom is 0.269 e. The minimum Gasteiger partial charge on any atom is -0.447 e. The van der Waals surface area contributed by atoms with E-state index in [1.165, 1.54) is 24.3 Å². The molecule has 2 aliphatic heterocycles. The van der Waals surface area contributed by atoms with Crippen LogP contribution < -0.4 is 0 Å². The van der Waals surface area contributed by atoms with Gasteiger partial charge in [0.05, 0.1) is 29.0 Å². The van der Waals surface area contributed by atoms with Crippen molar-refractivity contribution >= 4 is 11.6 Å². The van der Waals surface area contributed by atoms with Crippen LogP contribution in [-0.4, -0.2) is 16.6 Å². The van der Waals surface area contributed by atoms with Crippen molar-refractivity contribution in [2.45, 2.75) is 24.7 Å². The molecule has 152 valence electrons. The number of hydrogen-bond donors (Lipinski definition) is 1. The molecule has 0 aromatic heterocycles. The van der Waals surface area contributed by atoms with Crippen LogP contribution in [-0.2, 0) is 9.47 Å². The number of nitriles is 3. The molecular formula is C22H15N5O4. The lowest BCUT2D eigenvalue weighted by atomic mass is 9.52. The number of nitro benzene ring substituents is 1. The molecule has 9 heteroatoms. The van der Waals surface area contributed by atoms with Crippen LogP contribution in [0.25, 0.3) is 0 Å². The normalized spacial score (nSPS) is 30.3. The lowest BCUT2D eigenvalue weighted by Gasteiger charge is -2.48. The van der Waals surface area contributed by atoms with Crippen LogP contribution in [0.15, 0.2) is 54.6 Å². The van der Waals surface area contributed by atoms with E-state index in [1.807, 2.05) is 12.1 Å². The summed E-state index contributed by atoms with van der Waals surface area (Å²) in [4.78, 5) is 10.4. The van der Waals surface area contributed by atoms with E-state index in [1.54, 1.807) is 37.3 Å². The Morgan fingerprint density at radius 2 is 1.61 bits per heavy atom. The van der Waals surface area contributed by atoms with Crippen molar-refractivity contribution in [1.82, 2.24) is 0 Å². The number of nitrogens with zero attached hydrogens (tertiary/aromatic N) is 4. The molecule has 31 heavy (non-hydrogen) atoms. The Balaban J connectivity index is 1.99. The second kappa shape index (κ2) is 6.63. The standard InChI is InChI=1S/C22H15N5O4/c1-20-17(14-5-3-2-4-6-14)22(13-25,19(26)31-20)21(11-23,12-24)18(30-20)15-7-9-16(10-8-15)27(28)29/h2-10,17-18,26H,1H3. The zero-order valence-electron chi connectivity index (χ0n) is 16.3. The monoisotopic (exact) mass is 413 g/mol. The zero-order valence-corrected chi connectivity index (χ0v) is 16.3. The molecule has 2 aromatic rings. The van der Waals surface area contributed by atoms with Crippen molar-refractivity contribution in [1.29, 1.82) is 21.2 Å².